The van der Waals surface area contributed by atoms with E-state index in [0.717, 1.165) is 30.4 Å². The molecule has 1 aromatic rings. The number of benzene rings is 1. The van der Waals surface area contributed by atoms with E-state index in [0.29, 0.717) is 5.56 Å². The van der Waals surface area contributed by atoms with Crippen molar-refractivity contribution in [2.75, 3.05) is 0 Å². The molecule has 2 N–H and O–H groups in total. The molecule has 1 rings (SSSR count). The Morgan fingerprint density at radius 2 is 2.00 bits per heavy atom. The average Bonchev–Trinajstić information content (AvgIpc) is 2.23. The predicted octanol–water partition coefficient (Wildman–Crippen LogP) is 3.41. The lowest BCUT2D eigenvalue weighted by atomic mass is 9.98. The number of phenolic OH excluding ortho intramolecular Hbond substituents is 1. The molecule has 1 aromatic carbocycles. The smallest absolute Gasteiger partial charge is 0.504 e. The van der Waals surface area contributed by atoms with Crippen molar-refractivity contribution in [2.24, 2.45) is 0 Å². The fraction of sp³-hybridized carbons (Fsp3) is 0.462. The summed E-state index contributed by atoms with van der Waals surface area (Å²) in [5, 5.41) is 18.7. The van der Waals surface area contributed by atoms with Crippen LogP contribution in [0.2, 0.25) is 0 Å². The molecule has 0 aliphatic heterocycles. The van der Waals surface area contributed by atoms with Crippen LogP contribution in [-0.2, 0) is 6.42 Å². The quantitative estimate of drug-likeness (QED) is 0.623. The van der Waals surface area contributed by atoms with Gasteiger partial charge in [-0.25, -0.2) is 4.79 Å². The summed E-state index contributed by atoms with van der Waals surface area (Å²) in [4.78, 5) is 10.6. The highest BCUT2D eigenvalue weighted by Crippen LogP contribution is 2.36. The fourth-order valence-corrected chi connectivity index (χ4v) is 1.87. The molecule has 0 aromatic heterocycles. The van der Waals surface area contributed by atoms with Gasteiger partial charge in [0, 0.05) is 5.56 Å². The van der Waals surface area contributed by atoms with Crippen LogP contribution in [0.1, 0.15) is 36.5 Å². The molecule has 4 heteroatoms. The van der Waals surface area contributed by atoms with Crippen LogP contribution in [0.25, 0.3) is 0 Å². The lowest BCUT2D eigenvalue weighted by Gasteiger charge is -2.14. The van der Waals surface area contributed by atoms with Gasteiger partial charge in [0.25, 0.3) is 0 Å². The molecule has 0 heterocycles. The van der Waals surface area contributed by atoms with Gasteiger partial charge >= 0.3 is 6.16 Å². The number of aromatic hydroxyl groups is 1. The van der Waals surface area contributed by atoms with Crippen LogP contribution in [0.5, 0.6) is 11.5 Å². The van der Waals surface area contributed by atoms with Crippen molar-refractivity contribution < 1.29 is 19.7 Å². The number of rotatable bonds is 4. The van der Waals surface area contributed by atoms with Crippen LogP contribution in [0.15, 0.2) is 6.07 Å². The molecule has 94 valence electrons. The van der Waals surface area contributed by atoms with Crippen LogP contribution >= 0.6 is 0 Å². The largest absolute Gasteiger partial charge is 0.511 e. The fourth-order valence-electron chi connectivity index (χ4n) is 1.87. The van der Waals surface area contributed by atoms with Gasteiger partial charge in [-0.3, -0.25) is 0 Å². The van der Waals surface area contributed by atoms with Gasteiger partial charge in [0.2, 0.25) is 0 Å². The van der Waals surface area contributed by atoms with Crippen LogP contribution in [0, 0.1) is 13.8 Å². The van der Waals surface area contributed by atoms with Crippen LogP contribution in [0.4, 0.5) is 4.79 Å². The molecule has 0 atom stereocenters. The minimum Gasteiger partial charge on any atom is -0.504 e. The third-order valence-corrected chi connectivity index (χ3v) is 2.74. The SMILES string of the molecule is CCCCc1c(C)cc(C)c(OC(=O)O)c1O. The first kappa shape index (κ1) is 13.4. The second-order valence-corrected chi connectivity index (χ2v) is 4.14. The molecule has 0 bridgehead atoms. The van der Waals surface area contributed by atoms with Crippen molar-refractivity contribution >= 4 is 6.16 Å². The van der Waals surface area contributed by atoms with Gasteiger partial charge in [-0.2, -0.15) is 0 Å². The van der Waals surface area contributed by atoms with E-state index >= 15 is 0 Å². The maximum atomic E-state index is 10.6. The van der Waals surface area contributed by atoms with Gasteiger partial charge in [-0.1, -0.05) is 19.4 Å². The van der Waals surface area contributed by atoms with Gasteiger partial charge in [0.1, 0.15) is 0 Å². The van der Waals surface area contributed by atoms with Crippen molar-refractivity contribution in [1.29, 1.82) is 0 Å². The zero-order valence-electron chi connectivity index (χ0n) is 10.4. The van der Waals surface area contributed by atoms with E-state index in [-0.39, 0.29) is 11.5 Å². The van der Waals surface area contributed by atoms with Gasteiger partial charge in [0.05, 0.1) is 0 Å². The van der Waals surface area contributed by atoms with Gasteiger partial charge < -0.3 is 14.9 Å². The summed E-state index contributed by atoms with van der Waals surface area (Å²) in [6.07, 6.45) is 1.28. The molecule has 0 aliphatic carbocycles. The van der Waals surface area contributed by atoms with E-state index in [9.17, 15) is 9.90 Å². The average molecular weight is 238 g/mol. The van der Waals surface area contributed by atoms with E-state index in [4.69, 9.17) is 5.11 Å². The molecule has 4 nitrogen and oxygen atoms in total. The van der Waals surface area contributed by atoms with E-state index in [1.54, 1.807) is 6.92 Å². The summed E-state index contributed by atoms with van der Waals surface area (Å²) in [5.41, 5.74) is 2.36. The Kier molecular flexibility index (Phi) is 4.37. The van der Waals surface area contributed by atoms with Crippen LogP contribution in [-0.4, -0.2) is 16.4 Å². The molecule has 0 amide bonds. The Balaban J connectivity index is 3.17. The van der Waals surface area contributed by atoms with Crippen molar-refractivity contribution in [3.63, 3.8) is 0 Å². The number of aryl methyl sites for hydroxylation is 2. The standard InChI is InChI=1S/C13H18O4/c1-4-5-6-10-8(2)7-9(3)12(11(10)14)17-13(15)16/h7,14H,4-6H2,1-3H3,(H,15,16). The highest BCUT2D eigenvalue weighted by molar-refractivity contribution is 5.66. The van der Waals surface area contributed by atoms with Gasteiger partial charge in [0.15, 0.2) is 11.5 Å². The molecule has 0 saturated carbocycles. The maximum absolute atomic E-state index is 10.6. The Bertz CT molecular complexity index is 424. The summed E-state index contributed by atoms with van der Waals surface area (Å²) in [7, 11) is 0. The van der Waals surface area contributed by atoms with Crippen molar-refractivity contribution in [1.82, 2.24) is 0 Å². The van der Waals surface area contributed by atoms with Crippen molar-refractivity contribution in [3.05, 3.63) is 22.8 Å². The molecule has 0 unspecified atom stereocenters. The third-order valence-electron chi connectivity index (χ3n) is 2.74. The van der Waals surface area contributed by atoms with Crippen LogP contribution < -0.4 is 4.74 Å². The zero-order chi connectivity index (χ0) is 13.0. The summed E-state index contributed by atoms with van der Waals surface area (Å²) in [6.45, 7) is 5.69. The molecule has 0 radical (unpaired) electrons. The minimum absolute atomic E-state index is 0.0432. The zero-order valence-corrected chi connectivity index (χ0v) is 10.4. The Labute approximate surface area is 101 Å². The summed E-state index contributed by atoms with van der Waals surface area (Å²) in [6, 6.07) is 1.84. The molecule has 0 spiro atoms. The number of unbranched alkanes of at least 4 members (excludes halogenated alkanes) is 1. The first-order valence-electron chi connectivity index (χ1n) is 5.70. The second kappa shape index (κ2) is 5.57. The number of carboxylic acid groups (broad SMARTS) is 1. The summed E-state index contributed by atoms with van der Waals surface area (Å²) in [5.74, 6) is 0.00699. The Morgan fingerprint density at radius 3 is 2.53 bits per heavy atom. The first-order chi connectivity index (χ1) is 7.97. The van der Waals surface area contributed by atoms with Gasteiger partial charge in [-0.05, 0) is 37.8 Å². The van der Waals surface area contributed by atoms with E-state index in [1.165, 1.54) is 0 Å². The maximum Gasteiger partial charge on any atom is 0.511 e. The van der Waals surface area contributed by atoms with E-state index in [2.05, 4.69) is 11.7 Å². The Morgan fingerprint density at radius 1 is 1.35 bits per heavy atom. The van der Waals surface area contributed by atoms with Crippen LogP contribution in [0.3, 0.4) is 0 Å². The molecule has 0 aliphatic rings. The number of carbonyl (C=O) groups is 1. The first-order valence-corrected chi connectivity index (χ1v) is 5.70. The number of hydrogen-bond acceptors (Lipinski definition) is 3. The highest BCUT2D eigenvalue weighted by Gasteiger charge is 2.16. The topological polar surface area (TPSA) is 66.8 Å². The lowest BCUT2D eigenvalue weighted by Crippen LogP contribution is -2.06. The normalized spacial score (nSPS) is 10.3. The monoisotopic (exact) mass is 238 g/mol. The third kappa shape index (κ3) is 3.12. The molecule has 0 fully saturated rings. The van der Waals surface area contributed by atoms with Crippen molar-refractivity contribution in [3.8, 4) is 11.5 Å². The summed E-state index contributed by atoms with van der Waals surface area (Å²) < 4.78 is 4.62. The second-order valence-electron chi connectivity index (χ2n) is 4.14. The molecule has 17 heavy (non-hydrogen) atoms. The highest BCUT2D eigenvalue weighted by atomic mass is 16.7. The Hall–Kier alpha value is -1.71. The number of phenols is 1. The summed E-state index contributed by atoms with van der Waals surface area (Å²) >= 11 is 0. The molecular weight excluding hydrogens is 220 g/mol. The van der Waals surface area contributed by atoms with Crippen molar-refractivity contribution in [2.45, 2.75) is 40.0 Å². The molecular formula is C13H18O4. The molecule has 0 saturated heterocycles. The number of ether oxygens (including phenoxy) is 1. The lowest BCUT2D eigenvalue weighted by molar-refractivity contribution is 0.142. The minimum atomic E-state index is -1.41. The van der Waals surface area contributed by atoms with E-state index < -0.39 is 6.16 Å². The number of hydrogen-bond donors (Lipinski definition) is 2. The van der Waals surface area contributed by atoms with Gasteiger partial charge in [-0.15, -0.1) is 0 Å². The predicted molar refractivity (Wildman–Crippen MR) is 64.8 cm³/mol. The van der Waals surface area contributed by atoms with E-state index in [1.807, 2.05) is 13.0 Å².